The van der Waals surface area contributed by atoms with Gasteiger partial charge in [0, 0.05) is 23.2 Å². The molecule has 0 unspecified atom stereocenters. The van der Waals surface area contributed by atoms with Gasteiger partial charge in [0.1, 0.15) is 0 Å². The molecule has 4 rings (SSSR count). The summed E-state index contributed by atoms with van der Waals surface area (Å²) in [5, 5.41) is 21.9. The van der Waals surface area contributed by atoms with Crippen LogP contribution < -0.4 is 5.32 Å². The zero-order chi connectivity index (χ0) is 18.1. The number of benzene rings is 2. The van der Waals surface area contributed by atoms with Crippen LogP contribution in [0.3, 0.4) is 0 Å². The number of pyridine rings is 1. The van der Waals surface area contributed by atoms with Gasteiger partial charge in [0.15, 0.2) is 5.82 Å². The number of aryl methyl sites for hydroxylation is 1. The summed E-state index contributed by atoms with van der Waals surface area (Å²) in [7, 11) is 0. The summed E-state index contributed by atoms with van der Waals surface area (Å²) in [6.07, 6.45) is 3.79. The first-order chi connectivity index (χ1) is 12.6. The quantitative estimate of drug-likeness (QED) is 0.596. The fourth-order valence-electron chi connectivity index (χ4n) is 2.99. The molecule has 0 saturated heterocycles. The number of nitrogens with one attached hydrogen (secondary N) is 2. The van der Waals surface area contributed by atoms with Crippen LogP contribution in [-0.2, 0) is 11.2 Å². The number of hydrogen-bond donors (Lipinski definition) is 2. The van der Waals surface area contributed by atoms with Crippen molar-refractivity contribution < 1.29 is 4.79 Å². The van der Waals surface area contributed by atoms with Gasteiger partial charge in [-0.1, -0.05) is 18.2 Å². The molecule has 0 aliphatic rings. The Bertz CT molecular complexity index is 1190. The van der Waals surface area contributed by atoms with Crippen LogP contribution in [0.15, 0.2) is 48.8 Å². The van der Waals surface area contributed by atoms with Crippen LogP contribution in [-0.4, -0.2) is 21.1 Å². The lowest BCUT2D eigenvalue weighted by Crippen LogP contribution is -2.14. The number of nitrogens with zero attached hydrogens (tertiary/aromatic N) is 3. The minimum Gasteiger partial charge on any atom is -0.308 e. The van der Waals surface area contributed by atoms with Crippen molar-refractivity contribution in [2.24, 2.45) is 0 Å². The Morgan fingerprint density at radius 1 is 1.23 bits per heavy atom. The molecule has 0 atom stereocenters. The maximum absolute atomic E-state index is 12.4. The molecule has 2 aromatic carbocycles. The summed E-state index contributed by atoms with van der Waals surface area (Å²) in [6.45, 7) is 1.86. The fourth-order valence-corrected chi connectivity index (χ4v) is 2.99. The van der Waals surface area contributed by atoms with Crippen molar-refractivity contribution in [3.05, 3.63) is 65.5 Å². The van der Waals surface area contributed by atoms with E-state index >= 15 is 0 Å². The number of anilines is 1. The Kier molecular flexibility index (Phi) is 3.82. The zero-order valence-electron chi connectivity index (χ0n) is 14.1. The highest BCUT2D eigenvalue weighted by atomic mass is 16.1. The first kappa shape index (κ1) is 15.8. The molecule has 6 nitrogen and oxygen atoms in total. The molecular weight excluding hydrogens is 326 g/mol. The molecule has 0 spiro atoms. The number of H-pyrrole nitrogens is 1. The minimum atomic E-state index is -0.145. The van der Waals surface area contributed by atoms with Crippen molar-refractivity contribution in [3.63, 3.8) is 0 Å². The molecule has 26 heavy (non-hydrogen) atoms. The highest BCUT2D eigenvalue weighted by Crippen LogP contribution is 2.24. The maximum atomic E-state index is 12.4. The van der Waals surface area contributed by atoms with Gasteiger partial charge in [0.05, 0.1) is 23.6 Å². The molecule has 2 aromatic heterocycles. The van der Waals surface area contributed by atoms with E-state index in [4.69, 9.17) is 5.26 Å². The fraction of sp³-hybridized carbons (Fsp3) is 0.100. The van der Waals surface area contributed by atoms with Crippen molar-refractivity contribution >= 4 is 33.4 Å². The van der Waals surface area contributed by atoms with Gasteiger partial charge in [-0.3, -0.25) is 14.9 Å². The lowest BCUT2D eigenvalue weighted by atomic mass is 10.1. The third-order valence-electron chi connectivity index (χ3n) is 4.36. The van der Waals surface area contributed by atoms with Crippen LogP contribution in [0.5, 0.6) is 0 Å². The number of fused-ring (bicyclic) bond motifs is 2. The summed E-state index contributed by atoms with van der Waals surface area (Å²) in [4.78, 5) is 16.5. The molecule has 6 heteroatoms. The third-order valence-corrected chi connectivity index (χ3v) is 4.36. The Hall–Kier alpha value is -3.72. The van der Waals surface area contributed by atoms with E-state index in [1.165, 1.54) is 0 Å². The van der Waals surface area contributed by atoms with E-state index in [0.717, 1.165) is 32.8 Å². The largest absolute Gasteiger partial charge is 0.308 e. The van der Waals surface area contributed by atoms with Crippen LogP contribution in [0, 0.1) is 18.3 Å². The minimum absolute atomic E-state index is 0.145. The first-order valence-electron chi connectivity index (χ1n) is 8.15. The van der Waals surface area contributed by atoms with Gasteiger partial charge in [0.25, 0.3) is 0 Å². The molecule has 126 valence electrons. The van der Waals surface area contributed by atoms with Gasteiger partial charge in [-0.2, -0.15) is 10.4 Å². The van der Waals surface area contributed by atoms with Gasteiger partial charge in [-0.25, -0.2) is 0 Å². The van der Waals surface area contributed by atoms with Gasteiger partial charge in [0.2, 0.25) is 5.91 Å². The summed E-state index contributed by atoms with van der Waals surface area (Å²) >= 11 is 0. The first-order valence-corrected chi connectivity index (χ1v) is 8.15. The predicted molar refractivity (Wildman–Crippen MR) is 99.6 cm³/mol. The van der Waals surface area contributed by atoms with Crippen LogP contribution in [0.25, 0.3) is 21.7 Å². The predicted octanol–water partition coefficient (Wildman–Crippen LogP) is 3.47. The Balaban J connectivity index is 1.57. The van der Waals surface area contributed by atoms with Crippen molar-refractivity contribution in [2.45, 2.75) is 13.3 Å². The summed E-state index contributed by atoms with van der Waals surface area (Å²) in [6, 6.07) is 13.5. The standard InChI is InChI=1S/C20H15N5O/c1-12-6-17-18(9-16(12)10-21)24-25-20(17)23-19(26)8-13-2-3-15-11-22-5-4-14(15)7-13/h2-7,9,11H,8H2,1H3,(H2,23,24,25,26). The lowest BCUT2D eigenvalue weighted by Gasteiger charge is -2.05. The van der Waals surface area contributed by atoms with Gasteiger partial charge in [-0.15, -0.1) is 0 Å². The van der Waals surface area contributed by atoms with E-state index in [-0.39, 0.29) is 12.3 Å². The molecule has 0 fully saturated rings. The number of hydrogen-bond acceptors (Lipinski definition) is 4. The second-order valence-corrected chi connectivity index (χ2v) is 6.18. The van der Waals surface area contributed by atoms with Crippen molar-refractivity contribution in [1.29, 1.82) is 5.26 Å². The molecule has 0 aliphatic heterocycles. The Labute approximate surface area is 149 Å². The third kappa shape index (κ3) is 2.87. The molecular formula is C20H15N5O. The van der Waals surface area contributed by atoms with E-state index in [2.05, 4.69) is 26.6 Å². The number of nitriles is 1. The summed E-state index contributed by atoms with van der Waals surface area (Å²) in [5.74, 6) is 0.330. The molecule has 0 bridgehead atoms. The molecule has 0 radical (unpaired) electrons. The van der Waals surface area contributed by atoms with Crippen LogP contribution in [0.1, 0.15) is 16.7 Å². The molecule has 1 amide bonds. The number of rotatable bonds is 3. The van der Waals surface area contributed by atoms with Crippen molar-refractivity contribution in [1.82, 2.24) is 15.2 Å². The second-order valence-electron chi connectivity index (χ2n) is 6.18. The van der Waals surface area contributed by atoms with Crippen LogP contribution in [0.4, 0.5) is 5.82 Å². The normalized spacial score (nSPS) is 10.8. The smallest absolute Gasteiger partial charge is 0.230 e. The molecule has 0 saturated carbocycles. The van der Waals surface area contributed by atoms with E-state index < -0.39 is 0 Å². The van der Waals surface area contributed by atoms with E-state index in [0.29, 0.717) is 11.4 Å². The molecule has 2 N–H and O–H groups in total. The molecule has 4 aromatic rings. The summed E-state index contributed by atoms with van der Waals surface area (Å²) in [5.41, 5.74) is 3.08. The molecule has 0 aliphatic carbocycles. The zero-order valence-corrected chi connectivity index (χ0v) is 14.1. The SMILES string of the molecule is Cc1cc2c(NC(=O)Cc3ccc4cnccc4c3)n[nH]c2cc1C#N. The average molecular weight is 341 g/mol. The Morgan fingerprint density at radius 2 is 2.12 bits per heavy atom. The summed E-state index contributed by atoms with van der Waals surface area (Å²) < 4.78 is 0. The van der Waals surface area contributed by atoms with Crippen LogP contribution >= 0.6 is 0 Å². The number of carbonyl (C=O) groups is 1. The number of amides is 1. The number of aromatic nitrogens is 3. The topological polar surface area (TPSA) is 94.5 Å². The monoisotopic (exact) mass is 341 g/mol. The van der Waals surface area contributed by atoms with E-state index in [9.17, 15) is 4.79 Å². The average Bonchev–Trinajstić information content (AvgIpc) is 3.02. The lowest BCUT2D eigenvalue weighted by molar-refractivity contribution is -0.115. The second kappa shape index (κ2) is 6.30. The van der Waals surface area contributed by atoms with E-state index in [1.54, 1.807) is 18.5 Å². The van der Waals surface area contributed by atoms with Gasteiger partial charge in [-0.05, 0) is 41.6 Å². The van der Waals surface area contributed by atoms with Gasteiger partial charge >= 0.3 is 0 Å². The van der Waals surface area contributed by atoms with Crippen molar-refractivity contribution in [2.75, 3.05) is 5.32 Å². The highest BCUT2D eigenvalue weighted by Gasteiger charge is 2.12. The highest BCUT2D eigenvalue weighted by molar-refractivity contribution is 6.01. The number of aromatic amines is 1. The molecule has 2 heterocycles. The van der Waals surface area contributed by atoms with E-state index in [1.807, 2.05) is 37.3 Å². The van der Waals surface area contributed by atoms with Crippen LogP contribution in [0.2, 0.25) is 0 Å². The maximum Gasteiger partial charge on any atom is 0.230 e. The van der Waals surface area contributed by atoms with Gasteiger partial charge < -0.3 is 5.32 Å². The number of carbonyl (C=O) groups excluding carboxylic acids is 1. The Morgan fingerprint density at radius 3 is 2.96 bits per heavy atom. The van der Waals surface area contributed by atoms with Crippen molar-refractivity contribution in [3.8, 4) is 6.07 Å².